The zero-order chi connectivity index (χ0) is 23.2. The maximum absolute atomic E-state index is 9.67. The van der Waals surface area contributed by atoms with E-state index in [9.17, 15) is 5.26 Å². The molecule has 4 heterocycles. The molecule has 0 radical (unpaired) electrons. The van der Waals surface area contributed by atoms with Crippen molar-refractivity contribution < 1.29 is 9.47 Å². The second-order valence-corrected chi connectivity index (χ2v) is 8.28. The van der Waals surface area contributed by atoms with E-state index in [1.54, 1.807) is 12.3 Å². The van der Waals surface area contributed by atoms with Crippen molar-refractivity contribution in [2.24, 2.45) is 0 Å². The average Bonchev–Trinajstić information content (AvgIpc) is 2.91. The lowest BCUT2D eigenvalue weighted by molar-refractivity contribution is 0.0254. The van der Waals surface area contributed by atoms with Crippen LogP contribution in [0.2, 0.25) is 0 Å². The van der Waals surface area contributed by atoms with Crippen LogP contribution in [0.25, 0.3) is 11.3 Å². The van der Waals surface area contributed by atoms with Gasteiger partial charge in [0.05, 0.1) is 36.4 Å². The summed E-state index contributed by atoms with van der Waals surface area (Å²) in [6, 6.07) is 13.6. The number of piperazine rings is 1. The molecule has 34 heavy (non-hydrogen) atoms. The Bertz CT molecular complexity index is 1150. The number of ether oxygens (including phenoxy) is 2. The molecule has 174 valence electrons. The van der Waals surface area contributed by atoms with Gasteiger partial charge in [-0.25, -0.2) is 15.0 Å². The number of anilines is 3. The summed E-state index contributed by atoms with van der Waals surface area (Å²) >= 11 is 0. The number of nitrogens with one attached hydrogen (secondary N) is 2. The highest BCUT2D eigenvalue weighted by atomic mass is 16.5. The first kappa shape index (κ1) is 22.1. The van der Waals surface area contributed by atoms with Crippen molar-refractivity contribution in [3.63, 3.8) is 0 Å². The molecule has 2 fully saturated rings. The average molecular weight is 458 g/mol. The Balaban J connectivity index is 1.29. The second kappa shape index (κ2) is 10.5. The van der Waals surface area contributed by atoms with Crippen LogP contribution in [0.5, 0.6) is 5.75 Å². The van der Waals surface area contributed by atoms with E-state index in [4.69, 9.17) is 9.47 Å². The normalized spacial score (nSPS) is 16.6. The van der Waals surface area contributed by atoms with Gasteiger partial charge in [-0.05, 0) is 36.4 Å². The highest BCUT2D eigenvalue weighted by Crippen LogP contribution is 2.28. The lowest BCUT2D eigenvalue weighted by Crippen LogP contribution is -2.43. The summed E-state index contributed by atoms with van der Waals surface area (Å²) in [6.07, 6.45) is 5.30. The van der Waals surface area contributed by atoms with Crippen LogP contribution in [0.1, 0.15) is 18.4 Å². The first-order chi connectivity index (χ1) is 16.8. The van der Waals surface area contributed by atoms with E-state index < -0.39 is 0 Å². The zero-order valence-electron chi connectivity index (χ0n) is 18.9. The van der Waals surface area contributed by atoms with Gasteiger partial charge in [0.25, 0.3) is 0 Å². The van der Waals surface area contributed by atoms with Crippen molar-refractivity contribution >= 4 is 17.5 Å². The molecule has 3 aromatic rings. The summed E-state index contributed by atoms with van der Waals surface area (Å²) in [5, 5.41) is 16.2. The lowest BCUT2D eigenvalue weighted by Gasteiger charge is -2.29. The minimum atomic E-state index is 0.0759. The molecule has 0 atom stereocenters. The van der Waals surface area contributed by atoms with Gasteiger partial charge in [0.15, 0.2) is 0 Å². The van der Waals surface area contributed by atoms with Crippen molar-refractivity contribution in [3.8, 4) is 23.1 Å². The summed E-state index contributed by atoms with van der Waals surface area (Å²) < 4.78 is 11.4. The maximum atomic E-state index is 9.67. The number of benzene rings is 1. The molecule has 0 unspecified atom stereocenters. The summed E-state index contributed by atoms with van der Waals surface area (Å²) in [4.78, 5) is 15.8. The van der Waals surface area contributed by atoms with E-state index in [2.05, 4.69) is 42.6 Å². The minimum Gasteiger partial charge on any atom is -0.489 e. The molecule has 2 aliphatic heterocycles. The van der Waals surface area contributed by atoms with E-state index in [1.165, 1.54) is 0 Å². The maximum Gasteiger partial charge on any atom is 0.228 e. The topological polar surface area (TPSA) is 108 Å². The van der Waals surface area contributed by atoms with Crippen LogP contribution in [0.4, 0.5) is 17.5 Å². The van der Waals surface area contributed by atoms with Crippen LogP contribution >= 0.6 is 0 Å². The number of pyridine rings is 1. The van der Waals surface area contributed by atoms with Crippen molar-refractivity contribution in [1.82, 2.24) is 20.3 Å². The van der Waals surface area contributed by atoms with Gasteiger partial charge in [0.2, 0.25) is 5.95 Å². The molecule has 1 aromatic carbocycles. The number of nitriles is 1. The number of aromatic nitrogens is 3. The van der Waals surface area contributed by atoms with Crippen LogP contribution in [0.3, 0.4) is 0 Å². The largest absolute Gasteiger partial charge is 0.489 e. The fourth-order valence-electron chi connectivity index (χ4n) is 4.12. The third kappa shape index (κ3) is 5.25. The molecule has 0 aliphatic carbocycles. The summed E-state index contributed by atoms with van der Waals surface area (Å²) in [5.74, 6) is 1.72. The van der Waals surface area contributed by atoms with Crippen molar-refractivity contribution in [1.29, 1.82) is 5.26 Å². The standard InChI is InChI=1S/C25H27N7O2/c26-16-19-15-18(1-3-23(19)34-21-6-13-33-14-7-21)22-5-8-28-25(30-22)31-24-4-2-20(17-29-24)32-11-9-27-10-12-32/h1-5,8,15,17,21,27H,6-7,9-14H2,(H,28,29,30,31). The summed E-state index contributed by atoms with van der Waals surface area (Å²) in [5.41, 5.74) is 3.13. The van der Waals surface area contributed by atoms with Crippen molar-refractivity contribution in [3.05, 3.63) is 54.4 Å². The number of hydrogen-bond donors (Lipinski definition) is 2. The van der Waals surface area contributed by atoms with Crippen LogP contribution in [-0.4, -0.2) is 60.4 Å². The quantitative estimate of drug-likeness (QED) is 0.577. The van der Waals surface area contributed by atoms with Crippen molar-refractivity contribution in [2.45, 2.75) is 18.9 Å². The van der Waals surface area contributed by atoms with Gasteiger partial charge in [-0.15, -0.1) is 0 Å². The molecule has 0 amide bonds. The fraction of sp³-hybridized carbons (Fsp3) is 0.360. The second-order valence-electron chi connectivity index (χ2n) is 8.28. The van der Waals surface area contributed by atoms with Crippen LogP contribution in [0, 0.1) is 11.3 Å². The minimum absolute atomic E-state index is 0.0759. The van der Waals surface area contributed by atoms with E-state index in [0.717, 1.165) is 50.3 Å². The number of nitrogens with zero attached hydrogens (tertiary/aromatic N) is 5. The third-order valence-electron chi connectivity index (χ3n) is 5.98. The Morgan fingerprint density at radius 1 is 1.09 bits per heavy atom. The first-order valence-electron chi connectivity index (χ1n) is 11.6. The van der Waals surface area contributed by atoms with E-state index >= 15 is 0 Å². The van der Waals surface area contributed by atoms with Gasteiger partial charge in [-0.3, -0.25) is 0 Å². The number of hydrogen-bond acceptors (Lipinski definition) is 9. The molecule has 9 nitrogen and oxygen atoms in total. The predicted octanol–water partition coefficient (Wildman–Crippen LogP) is 3.12. The molecular formula is C25H27N7O2. The highest BCUT2D eigenvalue weighted by molar-refractivity contribution is 5.65. The lowest BCUT2D eigenvalue weighted by atomic mass is 10.1. The van der Waals surface area contributed by atoms with Gasteiger partial charge < -0.3 is 25.0 Å². The molecule has 0 saturated carbocycles. The van der Waals surface area contributed by atoms with Crippen LogP contribution < -0.4 is 20.3 Å². The zero-order valence-corrected chi connectivity index (χ0v) is 18.9. The smallest absolute Gasteiger partial charge is 0.228 e. The molecule has 0 bridgehead atoms. The Hall–Kier alpha value is -3.74. The molecule has 9 heteroatoms. The SMILES string of the molecule is N#Cc1cc(-c2ccnc(Nc3ccc(N4CCNCC4)cn3)n2)ccc1OC1CCOCC1. The van der Waals surface area contributed by atoms with Gasteiger partial charge in [0.1, 0.15) is 23.7 Å². The molecule has 2 N–H and O–H groups in total. The van der Waals surface area contributed by atoms with Crippen LogP contribution in [0.15, 0.2) is 48.8 Å². The number of rotatable bonds is 6. The van der Waals surface area contributed by atoms with Gasteiger partial charge in [-0.2, -0.15) is 5.26 Å². The third-order valence-corrected chi connectivity index (χ3v) is 5.98. The van der Waals surface area contributed by atoms with E-state index in [0.29, 0.717) is 42.0 Å². The van der Waals surface area contributed by atoms with Crippen molar-refractivity contribution in [2.75, 3.05) is 49.6 Å². The monoisotopic (exact) mass is 457 g/mol. The molecule has 0 spiro atoms. The molecule has 2 aromatic heterocycles. The Morgan fingerprint density at radius 3 is 2.71 bits per heavy atom. The van der Waals surface area contributed by atoms with Crippen LogP contribution in [-0.2, 0) is 4.74 Å². The fourth-order valence-corrected chi connectivity index (χ4v) is 4.12. The molecule has 2 saturated heterocycles. The molecule has 5 rings (SSSR count). The van der Waals surface area contributed by atoms with E-state index in [-0.39, 0.29) is 6.10 Å². The summed E-state index contributed by atoms with van der Waals surface area (Å²) in [7, 11) is 0. The molecular weight excluding hydrogens is 430 g/mol. The predicted molar refractivity (Wildman–Crippen MR) is 129 cm³/mol. The van der Waals surface area contributed by atoms with Gasteiger partial charge in [0, 0.05) is 50.8 Å². The highest BCUT2D eigenvalue weighted by Gasteiger charge is 2.18. The first-order valence-corrected chi connectivity index (χ1v) is 11.6. The summed E-state index contributed by atoms with van der Waals surface area (Å²) in [6.45, 7) is 5.29. The Kier molecular flexibility index (Phi) is 6.79. The molecule has 2 aliphatic rings. The van der Waals surface area contributed by atoms with Gasteiger partial charge >= 0.3 is 0 Å². The van der Waals surface area contributed by atoms with E-state index in [1.807, 2.05) is 30.5 Å². The Labute approximate surface area is 198 Å². The van der Waals surface area contributed by atoms with Gasteiger partial charge in [-0.1, -0.05) is 0 Å². The Morgan fingerprint density at radius 2 is 1.94 bits per heavy atom.